The number of fused-ring (bicyclic) bond motifs is 1. The monoisotopic (exact) mass is 508 g/mol. The molecule has 1 aromatic heterocycles. The summed E-state index contributed by atoms with van der Waals surface area (Å²) in [7, 11) is 3.19. The maximum absolute atomic E-state index is 13.7. The maximum Gasteiger partial charge on any atom is 0.318 e. The van der Waals surface area contributed by atoms with Gasteiger partial charge in [0.05, 0.1) is 14.2 Å². The van der Waals surface area contributed by atoms with Crippen molar-refractivity contribution in [2.24, 2.45) is 0 Å². The number of rotatable bonds is 10. The van der Waals surface area contributed by atoms with Crippen molar-refractivity contribution in [3.05, 3.63) is 59.8 Å². The molecule has 200 valence electrons. The van der Waals surface area contributed by atoms with Crippen molar-refractivity contribution in [1.82, 2.24) is 20.1 Å². The highest BCUT2D eigenvalue weighted by atomic mass is 16.5. The number of aromatic amines is 1. The van der Waals surface area contributed by atoms with Gasteiger partial charge in [0, 0.05) is 41.8 Å². The SMILES string of the molecule is COc1ccc(CN(CCc2c[nH]c3ccccc23)C(=O)CN(C(=O)NC(C)(C)C)C(C)C)cc1OC. The predicted octanol–water partition coefficient (Wildman–Crippen LogP) is 4.97. The number of urea groups is 1. The average Bonchev–Trinajstić information content (AvgIpc) is 3.26. The van der Waals surface area contributed by atoms with Crippen molar-refractivity contribution in [3.8, 4) is 11.5 Å². The van der Waals surface area contributed by atoms with Gasteiger partial charge >= 0.3 is 6.03 Å². The summed E-state index contributed by atoms with van der Waals surface area (Å²) in [6, 6.07) is 13.4. The minimum absolute atomic E-state index is 0.0131. The van der Waals surface area contributed by atoms with Gasteiger partial charge in [-0.1, -0.05) is 24.3 Å². The lowest BCUT2D eigenvalue weighted by atomic mass is 10.1. The molecule has 0 radical (unpaired) electrons. The van der Waals surface area contributed by atoms with Crippen LogP contribution in [-0.2, 0) is 17.8 Å². The summed E-state index contributed by atoms with van der Waals surface area (Å²) in [5.41, 5.74) is 2.73. The lowest BCUT2D eigenvalue weighted by molar-refractivity contribution is -0.132. The van der Waals surface area contributed by atoms with Crippen LogP contribution < -0.4 is 14.8 Å². The van der Waals surface area contributed by atoms with E-state index in [0.717, 1.165) is 22.0 Å². The number of benzene rings is 2. The van der Waals surface area contributed by atoms with E-state index in [4.69, 9.17) is 9.47 Å². The predicted molar refractivity (Wildman–Crippen MR) is 147 cm³/mol. The number of hydrogen-bond donors (Lipinski definition) is 2. The van der Waals surface area contributed by atoms with Crippen LogP contribution >= 0.6 is 0 Å². The smallest absolute Gasteiger partial charge is 0.318 e. The minimum atomic E-state index is -0.401. The molecule has 0 atom stereocenters. The fourth-order valence-corrected chi connectivity index (χ4v) is 4.21. The number of nitrogens with one attached hydrogen (secondary N) is 2. The summed E-state index contributed by atoms with van der Waals surface area (Å²) >= 11 is 0. The molecule has 0 aliphatic carbocycles. The second kappa shape index (κ2) is 12.0. The molecule has 0 aliphatic heterocycles. The van der Waals surface area contributed by atoms with E-state index in [1.54, 1.807) is 19.1 Å². The highest BCUT2D eigenvalue weighted by molar-refractivity contribution is 5.85. The molecule has 0 spiro atoms. The second-order valence-corrected chi connectivity index (χ2v) is 10.5. The average molecular weight is 509 g/mol. The molecule has 3 rings (SSSR count). The van der Waals surface area contributed by atoms with Crippen LogP contribution in [0.5, 0.6) is 11.5 Å². The Morgan fingerprint density at radius 3 is 2.38 bits per heavy atom. The van der Waals surface area contributed by atoms with Gasteiger partial charge in [0.1, 0.15) is 6.54 Å². The van der Waals surface area contributed by atoms with E-state index >= 15 is 0 Å². The van der Waals surface area contributed by atoms with E-state index < -0.39 is 5.54 Å². The number of hydrogen-bond acceptors (Lipinski definition) is 4. The van der Waals surface area contributed by atoms with Crippen molar-refractivity contribution in [2.45, 2.75) is 59.2 Å². The third-order valence-corrected chi connectivity index (χ3v) is 6.17. The molecule has 8 heteroatoms. The molecule has 37 heavy (non-hydrogen) atoms. The van der Waals surface area contributed by atoms with Gasteiger partial charge in [-0.3, -0.25) is 4.79 Å². The lowest BCUT2D eigenvalue weighted by Crippen LogP contribution is -2.53. The Labute approximate surface area is 219 Å². The Morgan fingerprint density at radius 2 is 1.73 bits per heavy atom. The van der Waals surface area contributed by atoms with Crippen LogP contribution in [0, 0.1) is 0 Å². The fraction of sp³-hybridized carbons (Fsp3) is 0.448. The van der Waals surface area contributed by atoms with Crippen molar-refractivity contribution >= 4 is 22.8 Å². The molecular formula is C29H40N4O4. The first-order valence-corrected chi connectivity index (χ1v) is 12.6. The normalized spacial score (nSPS) is 11.5. The van der Waals surface area contributed by atoms with Gasteiger partial charge in [-0.15, -0.1) is 0 Å². The topological polar surface area (TPSA) is 86.9 Å². The van der Waals surface area contributed by atoms with E-state index in [0.29, 0.717) is 31.0 Å². The molecule has 0 bridgehead atoms. The molecule has 8 nitrogen and oxygen atoms in total. The number of para-hydroxylation sites is 1. The molecule has 0 saturated carbocycles. The van der Waals surface area contributed by atoms with Crippen LogP contribution in [-0.4, -0.2) is 65.6 Å². The summed E-state index contributed by atoms with van der Waals surface area (Å²) in [5.74, 6) is 1.12. The number of nitrogens with zero attached hydrogens (tertiary/aromatic N) is 2. The number of amides is 3. The lowest BCUT2D eigenvalue weighted by Gasteiger charge is -2.33. The summed E-state index contributed by atoms with van der Waals surface area (Å²) in [6.07, 6.45) is 2.68. The Bertz CT molecular complexity index is 1210. The molecule has 2 aromatic carbocycles. The zero-order valence-corrected chi connectivity index (χ0v) is 23.1. The standard InChI is InChI=1S/C29H40N4O4/c1-20(2)33(28(35)31-29(3,4)5)19-27(34)32(18-21-12-13-25(36-6)26(16-21)37-7)15-14-22-17-30-24-11-9-8-10-23(22)24/h8-13,16-17,20,30H,14-15,18-19H2,1-7H3,(H,31,35). The summed E-state index contributed by atoms with van der Waals surface area (Å²) in [5, 5.41) is 4.13. The van der Waals surface area contributed by atoms with Crippen molar-refractivity contribution < 1.29 is 19.1 Å². The molecule has 2 N–H and O–H groups in total. The first-order chi connectivity index (χ1) is 17.5. The van der Waals surface area contributed by atoms with Gasteiger partial charge in [0.15, 0.2) is 11.5 Å². The summed E-state index contributed by atoms with van der Waals surface area (Å²) < 4.78 is 10.8. The molecule has 0 saturated heterocycles. The Kier molecular flexibility index (Phi) is 9.08. The zero-order chi connectivity index (χ0) is 27.2. The van der Waals surface area contributed by atoms with Crippen molar-refractivity contribution in [2.75, 3.05) is 27.3 Å². The van der Waals surface area contributed by atoms with E-state index in [9.17, 15) is 9.59 Å². The van der Waals surface area contributed by atoms with E-state index in [1.807, 2.05) is 82.1 Å². The summed E-state index contributed by atoms with van der Waals surface area (Å²) in [6.45, 7) is 10.5. The molecule has 1 heterocycles. The molecule has 0 fully saturated rings. The third-order valence-electron chi connectivity index (χ3n) is 6.17. The molecule has 0 aliphatic rings. The number of H-pyrrole nitrogens is 1. The highest BCUT2D eigenvalue weighted by Gasteiger charge is 2.26. The van der Waals surface area contributed by atoms with E-state index in [2.05, 4.69) is 16.4 Å². The fourth-order valence-electron chi connectivity index (χ4n) is 4.21. The van der Waals surface area contributed by atoms with Gasteiger partial charge in [0.25, 0.3) is 0 Å². The number of carbonyl (C=O) groups excluding carboxylic acids is 2. The number of aromatic nitrogens is 1. The van der Waals surface area contributed by atoms with Gasteiger partial charge in [0.2, 0.25) is 5.91 Å². The van der Waals surface area contributed by atoms with E-state index in [-0.39, 0.29) is 24.5 Å². The number of methoxy groups -OCH3 is 2. The molecular weight excluding hydrogens is 468 g/mol. The largest absolute Gasteiger partial charge is 0.493 e. The second-order valence-electron chi connectivity index (χ2n) is 10.5. The van der Waals surface area contributed by atoms with Crippen LogP contribution in [0.3, 0.4) is 0 Å². The van der Waals surface area contributed by atoms with Gasteiger partial charge < -0.3 is 29.6 Å². The highest BCUT2D eigenvalue weighted by Crippen LogP contribution is 2.28. The van der Waals surface area contributed by atoms with Crippen LogP contribution in [0.25, 0.3) is 10.9 Å². The zero-order valence-electron chi connectivity index (χ0n) is 23.1. The van der Waals surface area contributed by atoms with Gasteiger partial charge in [-0.05, 0) is 70.4 Å². The Hall–Kier alpha value is -3.68. The Morgan fingerprint density at radius 1 is 1.03 bits per heavy atom. The van der Waals surface area contributed by atoms with Crippen LogP contribution in [0.2, 0.25) is 0 Å². The third kappa shape index (κ3) is 7.41. The quantitative estimate of drug-likeness (QED) is 0.405. The Balaban J connectivity index is 1.84. The maximum atomic E-state index is 13.7. The van der Waals surface area contributed by atoms with Crippen LogP contribution in [0.1, 0.15) is 45.7 Å². The van der Waals surface area contributed by atoms with E-state index in [1.165, 1.54) is 0 Å². The van der Waals surface area contributed by atoms with Gasteiger partial charge in [-0.25, -0.2) is 4.79 Å². The molecule has 3 aromatic rings. The van der Waals surface area contributed by atoms with Gasteiger partial charge in [-0.2, -0.15) is 0 Å². The van der Waals surface area contributed by atoms with Crippen LogP contribution in [0.15, 0.2) is 48.7 Å². The number of ether oxygens (including phenoxy) is 2. The first-order valence-electron chi connectivity index (χ1n) is 12.6. The van der Waals surface area contributed by atoms with Crippen LogP contribution in [0.4, 0.5) is 4.79 Å². The van der Waals surface area contributed by atoms with Crippen molar-refractivity contribution in [1.29, 1.82) is 0 Å². The number of carbonyl (C=O) groups is 2. The first kappa shape index (κ1) is 27.9. The summed E-state index contributed by atoms with van der Waals surface area (Å²) in [4.78, 5) is 33.3. The molecule has 0 unspecified atom stereocenters. The minimum Gasteiger partial charge on any atom is -0.493 e. The molecule has 3 amide bonds. The van der Waals surface area contributed by atoms with Crippen molar-refractivity contribution in [3.63, 3.8) is 0 Å².